The molecule has 1 aliphatic rings. The van der Waals surface area contributed by atoms with Crippen molar-refractivity contribution in [2.75, 3.05) is 31.9 Å². The third-order valence-corrected chi connectivity index (χ3v) is 3.75. The molecule has 2 N–H and O–H groups in total. The highest BCUT2D eigenvalue weighted by molar-refractivity contribution is 5.95. The van der Waals surface area contributed by atoms with Crippen LogP contribution in [-0.2, 0) is 4.74 Å². The van der Waals surface area contributed by atoms with Gasteiger partial charge in [-0.15, -0.1) is 0 Å². The molecular formula is C17H23F2N3O3. The van der Waals surface area contributed by atoms with Crippen LogP contribution in [0.4, 0.5) is 19.3 Å². The lowest BCUT2D eigenvalue weighted by atomic mass is 10.1. The van der Waals surface area contributed by atoms with E-state index >= 15 is 0 Å². The molecule has 1 aliphatic heterocycles. The minimum absolute atomic E-state index is 0.231. The average molecular weight is 355 g/mol. The third kappa shape index (κ3) is 4.80. The summed E-state index contributed by atoms with van der Waals surface area (Å²) in [5, 5.41) is 0. The van der Waals surface area contributed by atoms with E-state index < -0.39 is 29.2 Å². The Hall–Kier alpha value is -2.38. The lowest BCUT2D eigenvalue weighted by molar-refractivity contribution is 0.0255. The number of rotatable bonds is 1. The largest absolute Gasteiger partial charge is 0.444 e. The molecule has 0 aromatic heterocycles. The molecule has 2 rings (SSSR count). The fourth-order valence-electron chi connectivity index (χ4n) is 2.53. The van der Waals surface area contributed by atoms with Crippen LogP contribution in [0.15, 0.2) is 12.1 Å². The van der Waals surface area contributed by atoms with E-state index in [2.05, 4.69) is 0 Å². The molecule has 0 saturated carbocycles. The fraction of sp³-hybridized carbons (Fsp3) is 0.529. The summed E-state index contributed by atoms with van der Waals surface area (Å²) < 4.78 is 32.5. The van der Waals surface area contributed by atoms with Crippen LogP contribution in [-0.4, -0.2) is 53.6 Å². The van der Waals surface area contributed by atoms with Gasteiger partial charge in [-0.05, 0) is 33.3 Å². The monoisotopic (exact) mass is 355 g/mol. The Bertz CT molecular complexity index is 674. The molecule has 0 spiro atoms. The van der Waals surface area contributed by atoms with Crippen molar-refractivity contribution in [3.8, 4) is 0 Å². The number of hydrogen-bond donors (Lipinski definition) is 1. The van der Waals surface area contributed by atoms with Crippen LogP contribution in [0.2, 0.25) is 0 Å². The molecule has 0 atom stereocenters. The number of nitrogens with zero attached hydrogens (tertiary/aromatic N) is 2. The van der Waals surface area contributed by atoms with Gasteiger partial charge >= 0.3 is 6.09 Å². The van der Waals surface area contributed by atoms with Crippen LogP contribution in [0.5, 0.6) is 0 Å². The maximum absolute atomic E-state index is 13.9. The Morgan fingerprint density at radius 2 is 1.64 bits per heavy atom. The van der Waals surface area contributed by atoms with E-state index in [1.54, 1.807) is 20.8 Å². The van der Waals surface area contributed by atoms with Gasteiger partial charge in [-0.1, -0.05) is 0 Å². The quantitative estimate of drug-likeness (QED) is 0.786. The number of carbonyl (C=O) groups excluding carboxylic acids is 2. The second kappa shape index (κ2) is 7.25. The van der Waals surface area contributed by atoms with Crippen LogP contribution in [0.3, 0.4) is 0 Å². The Balaban J connectivity index is 2.07. The summed E-state index contributed by atoms with van der Waals surface area (Å²) in [7, 11) is 0. The first-order valence-electron chi connectivity index (χ1n) is 8.10. The molecule has 1 saturated heterocycles. The molecule has 2 amide bonds. The molecule has 1 aromatic carbocycles. The van der Waals surface area contributed by atoms with Gasteiger partial charge in [-0.2, -0.15) is 0 Å². The van der Waals surface area contributed by atoms with Gasteiger partial charge in [-0.25, -0.2) is 13.6 Å². The van der Waals surface area contributed by atoms with Gasteiger partial charge in [-0.3, -0.25) is 4.79 Å². The summed E-state index contributed by atoms with van der Waals surface area (Å²) in [6.07, 6.45) is 0.0857. The van der Waals surface area contributed by atoms with Crippen LogP contribution >= 0.6 is 0 Å². The number of nitrogens with two attached hydrogens (primary N) is 1. The van der Waals surface area contributed by atoms with Crippen LogP contribution in [0.1, 0.15) is 37.6 Å². The van der Waals surface area contributed by atoms with Crippen molar-refractivity contribution in [1.82, 2.24) is 9.80 Å². The number of nitrogen functional groups attached to an aromatic ring is 1. The topological polar surface area (TPSA) is 75.9 Å². The summed E-state index contributed by atoms with van der Waals surface area (Å²) >= 11 is 0. The molecule has 1 aromatic rings. The number of hydrogen-bond acceptors (Lipinski definition) is 4. The SMILES string of the molecule is CC(C)(C)OC(=O)N1CCCN(C(=O)c2cc(N)c(F)cc2F)CC1. The third-order valence-electron chi connectivity index (χ3n) is 3.75. The van der Waals surface area contributed by atoms with Gasteiger partial charge in [0.1, 0.15) is 17.2 Å². The van der Waals surface area contributed by atoms with E-state index in [9.17, 15) is 18.4 Å². The summed E-state index contributed by atoms with van der Waals surface area (Å²) in [5.41, 5.74) is 4.27. The van der Waals surface area contributed by atoms with E-state index in [1.807, 2.05) is 0 Å². The predicted molar refractivity (Wildman–Crippen MR) is 89.1 cm³/mol. The van der Waals surface area contributed by atoms with E-state index in [0.717, 1.165) is 6.07 Å². The van der Waals surface area contributed by atoms with E-state index in [4.69, 9.17) is 10.5 Å². The molecule has 0 radical (unpaired) electrons. The van der Waals surface area contributed by atoms with Gasteiger partial charge in [0, 0.05) is 32.2 Å². The van der Waals surface area contributed by atoms with Crippen LogP contribution in [0, 0.1) is 11.6 Å². The summed E-state index contributed by atoms with van der Waals surface area (Å²) in [6, 6.07) is 1.61. The number of benzene rings is 1. The summed E-state index contributed by atoms with van der Waals surface area (Å²) in [6.45, 7) is 6.64. The second-order valence-corrected chi connectivity index (χ2v) is 6.97. The summed E-state index contributed by atoms with van der Waals surface area (Å²) in [5.74, 6) is -2.43. The molecule has 138 valence electrons. The van der Waals surface area contributed by atoms with Crippen molar-refractivity contribution in [2.45, 2.75) is 32.8 Å². The van der Waals surface area contributed by atoms with Gasteiger partial charge in [0.15, 0.2) is 0 Å². The first-order valence-corrected chi connectivity index (χ1v) is 8.10. The second-order valence-electron chi connectivity index (χ2n) is 6.97. The zero-order valence-electron chi connectivity index (χ0n) is 14.6. The molecule has 6 nitrogen and oxygen atoms in total. The maximum atomic E-state index is 13.9. The van der Waals surface area contributed by atoms with Crippen molar-refractivity contribution in [2.24, 2.45) is 0 Å². The van der Waals surface area contributed by atoms with Gasteiger partial charge in [0.25, 0.3) is 5.91 Å². The lowest BCUT2D eigenvalue weighted by Gasteiger charge is -2.26. The minimum atomic E-state index is -0.954. The molecule has 0 bridgehead atoms. The van der Waals surface area contributed by atoms with Crippen molar-refractivity contribution in [3.05, 3.63) is 29.3 Å². The minimum Gasteiger partial charge on any atom is -0.444 e. The number of carbonyl (C=O) groups is 2. The Labute approximate surface area is 145 Å². The smallest absolute Gasteiger partial charge is 0.410 e. The van der Waals surface area contributed by atoms with Gasteiger partial charge < -0.3 is 20.3 Å². The maximum Gasteiger partial charge on any atom is 0.410 e. The van der Waals surface area contributed by atoms with Crippen LogP contribution < -0.4 is 5.73 Å². The highest BCUT2D eigenvalue weighted by Gasteiger charge is 2.27. The molecular weight excluding hydrogens is 332 g/mol. The molecule has 1 heterocycles. The number of amides is 2. The van der Waals surface area contributed by atoms with E-state index in [0.29, 0.717) is 25.6 Å². The Kier molecular flexibility index (Phi) is 5.49. The molecule has 0 aliphatic carbocycles. The first-order chi connectivity index (χ1) is 11.6. The Morgan fingerprint density at radius 1 is 1.04 bits per heavy atom. The molecule has 1 fully saturated rings. The average Bonchev–Trinajstić information content (AvgIpc) is 2.74. The normalized spacial score (nSPS) is 15.7. The van der Waals surface area contributed by atoms with Crippen molar-refractivity contribution in [1.29, 1.82) is 0 Å². The number of halogens is 2. The first kappa shape index (κ1) is 19.0. The Morgan fingerprint density at radius 3 is 2.28 bits per heavy atom. The van der Waals surface area contributed by atoms with Gasteiger partial charge in [0.05, 0.1) is 11.3 Å². The van der Waals surface area contributed by atoms with E-state index in [1.165, 1.54) is 9.80 Å². The zero-order chi connectivity index (χ0) is 18.8. The van der Waals surface area contributed by atoms with Crippen molar-refractivity contribution in [3.63, 3.8) is 0 Å². The lowest BCUT2D eigenvalue weighted by Crippen LogP contribution is -2.40. The van der Waals surface area contributed by atoms with Crippen molar-refractivity contribution < 1.29 is 23.1 Å². The van der Waals surface area contributed by atoms with Crippen molar-refractivity contribution >= 4 is 17.7 Å². The standard InChI is InChI=1S/C17H23F2N3O3/c1-17(2,3)25-16(24)22-6-4-5-21(7-8-22)15(23)11-9-14(20)13(19)10-12(11)18/h9-10H,4-8,20H2,1-3H3. The van der Waals surface area contributed by atoms with Crippen LogP contribution in [0.25, 0.3) is 0 Å². The predicted octanol–water partition coefficient (Wildman–Crippen LogP) is 2.63. The molecule has 8 heteroatoms. The summed E-state index contributed by atoms with van der Waals surface area (Å²) in [4.78, 5) is 27.6. The number of ether oxygens (including phenoxy) is 1. The highest BCUT2D eigenvalue weighted by atomic mass is 19.1. The van der Waals surface area contributed by atoms with E-state index in [-0.39, 0.29) is 24.3 Å². The van der Waals surface area contributed by atoms with Gasteiger partial charge in [0.2, 0.25) is 0 Å². The molecule has 25 heavy (non-hydrogen) atoms. The zero-order valence-corrected chi connectivity index (χ0v) is 14.6. The fourth-order valence-corrected chi connectivity index (χ4v) is 2.53. The number of anilines is 1. The molecule has 0 unspecified atom stereocenters. The highest BCUT2D eigenvalue weighted by Crippen LogP contribution is 2.19.